The van der Waals surface area contributed by atoms with Crippen LogP contribution in [0.1, 0.15) is 97.8 Å². The van der Waals surface area contributed by atoms with Crippen molar-refractivity contribution in [1.29, 1.82) is 0 Å². The van der Waals surface area contributed by atoms with E-state index in [0.29, 0.717) is 50.7 Å². The Hall–Kier alpha value is -2.46. The molecule has 1 fully saturated rings. The highest BCUT2D eigenvalue weighted by molar-refractivity contribution is 7.80. The average Bonchev–Trinajstić information content (AvgIpc) is 3.55. The lowest BCUT2D eigenvalue weighted by Crippen LogP contribution is -2.25. The second-order valence-corrected chi connectivity index (χ2v) is 14.7. The summed E-state index contributed by atoms with van der Waals surface area (Å²) in [4.78, 5) is 38.8. The Morgan fingerprint density at radius 2 is 1.75 bits per heavy atom. The monoisotopic (exact) mass is 658 g/mol. The van der Waals surface area contributed by atoms with E-state index in [2.05, 4.69) is 6.92 Å². The fourth-order valence-electron chi connectivity index (χ4n) is 5.28. The summed E-state index contributed by atoms with van der Waals surface area (Å²) in [6.07, 6.45) is 15.0. The van der Waals surface area contributed by atoms with Crippen LogP contribution < -0.4 is 4.74 Å². The van der Waals surface area contributed by atoms with Crippen molar-refractivity contribution in [3.8, 4) is 16.2 Å². The van der Waals surface area contributed by atoms with Gasteiger partial charge in [0.15, 0.2) is 0 Å². The molecule has 1 aromatic heterocycles. The van der Waals surface area contributed by atoms with Crippen molar-refractivity contribution in [2.75, 3.05) is 0 Å². The molecule has 1 heterocycles. The lowest BCUT2D eigenvalue weighted by molar-refractivity contribution is -0.150. The lowest BCUT2D eigenvalue weighted by Gasteiger charge is -2.23. The first-order valence-corrected chi connectivity index (χ1v) is 18.3. The summed E-state index contributed by atoms with van der Waals surface area (Å²) >= 11 is 5.20. The summed E-state index contributed by atoms with van der Waals surface area (Å²) < 4.78 is 12.1. The molecule has 0 saturated heterocycles. The highest BCUT2D eigenvalue weighted by Crippen LogP contribution is 2.36. The number of ketones is 1. The number of unbranched alkanes of at least 4 members (excludes halogenated alkanes) is 3. The second kappa shape index (κ2) is 18.5. The Morgan fingerprint density at radius 1 is 1.02 bits per heavy atom. The minimum absolute atomic E-state index is 0.0919. The van der Waals surface area contributed by atoms with Crippen LogP contribution >= 0.6 is 32.9 Å². The Labute approximate surface area is 274 Å². The molecule has 0 bridgehead atoms. The molecule has 0 unspecified atom stereocenters. The Kier molecular flexibility index (Phi) is 15.1. The molecule has 44 heavy (non-hydrogen) atoms. The predicted molar refractivity (Wildman–Crippen MR) is 182 cm³/mol. The van der Waals surface area contributed by atoms with Gasteiger partial charge < -0.3 is 14.6 Å². The van der Waals surface area contributed by atoms with Crippen LogP contribution in [0.2, 0.25) is 0 Å². The number of hydrogen-bond donors (Lipinski definition) is 1. The average molecular weight is 659 g/mol. The number of rotatable bonds is 18. The van der Waals surface area contributed by atoms with Crippen LogP contribution in [-0.2, 0) is 19.1 Å². The molecule has 0 aliphatic heterocycles. The summed E-state index contributed by atoms with van der Waals surface area (Å²) in [5.74, 6) is -0.437. The van der Waals surface area contributed by atoms with Crippen LogP contribution in [0, 0.1) is 15.7 Å². The van der Waals surface area contributed by atoms with E-state index in [9.17, 15) is 19.5 Å². The summed E-state index contributed by atoms with van der Waals surface area (Å²) in [7, 11) is 3.20. The lowest BCUT2D eigenvalue weighted by atomic mass is 9.88. The standard InChI is InChI=1S/C35H46O6S3/c1-4-6-15-33(38)41-30-23-29(36)27(28(30)14-12-22-35(3,39)21-7-5-2)13-10-8-9-11-16-32(37)40-26-19-17-25(18-20-26)31-24-34(42)44-43-31/h8,10,12,14,17-20,24,27-28,30,39H,4-7,9,11,13,15-16,21-23H2,1-3H3/b10-8-,14-12+/t27-,28-,30-,35+/m1/s1. The zero-order valence-electron chi connectivity index (χ0n) is 26.1. The van der Waals surface area contributed by atoms with Crippen molar-refractivity contribution in [2.24, 2.45) is 11.8 Å². The van der Waals surface area contributed by atoms with E-state index in [-0.39, 0.29) is 36.0 Å². The molecule has 4 atom stereocenters. The molecule has 1 aliphatic rings. The van der Waals surface area contributed by atoms with E-state index in [0.717, 1.165) is 39.9 Å². The number of benzene rings is 1. The molecule has 0 spiro atoms. The van der Waals surface area contributed by atoms with Crippen LogP contribution in [0.3, 0.4) is 0 Å². The van der Waals surface area contributed by atoms with E-state index < -0.39 is 11.7 Å². The Bertz CT molecular complexity index is 1320. The van der Waals surface area contributed by atoms with Crippen molar-refractivity contribution in [2.45, 2.75) is 110 Å². The minimum Gasteiger partial charge on any atom is -0.461 e. The molecule has 9 heteroatoms. The second-order valence-electron chi connectivity index (χ2n) is 11.8. The Morgan fingerprint density at radius 3 is 2.43 bits per heavy atom. The fourth-order valence-corrected chi connectivity index (χ4v) is 7.68. The number of carbonyl (C=O) groups excluding carboxylic acids is 3. The normalized spacial score (nSPS) is 19.9. The van der Waals surface area contributed by atoms with Gasteiger partial charge >= 0.3 is 11.9 Å². The topological polar surface area (TPSA) is 89.9 Å². The molecule has 1 aromatic carbocycles. The van der Waals surface area contributed by atoms with Gasteiger partial charge in [-0.3, -0.25) is 14.4 Å². The molecule has 3 rings (SSSR count). The predicted octanol–water partition coefficient (Wildman–Crippen LogP) is 9.42. The van der Waals surface area contributed by atoms with Gasteiger partial charge in [-0.1, -0.05) is 90.3 Å². The van der Waals surface area contributed by atoms with Gasteiger partial charge in [0.1, 0.15) is 21.5 Å². The van der Waals surface area contributed by atoms with Crippen LogP contribution in [0.5, 0.6) is 5.75 Å². The van der Waals surface area contributed by atoms with Gasteiger partial charge in [-0.15, -0.1) is 0 Å². The molecule has 6 nitrogen and oxygen atoms in total. The summed E-state index contributed by atoms with van der Waals surface area (Å²) in [6.45, 7) is 5.96. The van der Waals surface area contributed by atoms with Gasteiger partial charge in [0.05, 0.1) is 5.60 Å². The molecular weight excluding hydrogens is 613 g/mol. The fraction of sp³-hybridized carbons (Fsp3) is 0.543. The molecule has 2 aromatic rings. The number of ether oxygens (including phenoxy) is 2. The highest BCUT2D eigenvalue weighted by atomic mass is 32.9. The maximum atomic E-state index is 13.0. The van der Waals surface area contributed by atoms with E-state index >= 15 is 0 Å². The first-order valence-electron chi connectivity index (χ1n) is 15.8. The van der Waals surface area contributed by atoms with Gasteiger partial charge in [0, 0.05) is 36.0 Å². The molecule has 1 saturated carbocycles. The van der Waals surface area contributed by atoms with Gasteiger partial charge in [0.25, 0.3) is 0 Å². The third kappa shape index (κ3) is 12.1. The van der Waals surface area contributed by atoms with E-state index in [4.69, 9.17) is 21.7 Å². The minimum atomic E-state index is -0.803. The third-order valence-corrected chi connectivity index (χ3v) is 10.8. The van der Waals surface area contributed by atoms with Crippen LogP contribution in [0.4, 0.5) is 0 Å². The largest absolute Gasteiger partial charge is 0.461 e. The van der Waals surface area contributed by atoms with Gasteiger partial charge in [-0.2, -0.15) is 0 Å². The van der Waals surface area contributed by atoms with Crippen molar-refractivity contribution in [3.63, 3.8) is 0 Å². The number of carbonyl (C=O) groups is 3. The highest BCUT2D eigenvalue weighted by Gasteiger charge is 2.42. The van der Waals surface area contributed by atoms with E-state index in [1.165, 1.54) is 0 Å². The quantitative estimate of drug-likeness (QED) is 0.0426. The first kappa shape index (κ1) is 36.0. The molecule has 240 valence electrons. The third-order valence-electron chi connectivity index (χ3n) is 7.85. The smallest absolute Gasteiger partial charge is 0.311 e. The molecule has 1 N–H and O–H groups in total. The zero-order chi connectivity index (χ0) is 32.0. The summed E-state index contributed by atoms with van der Waals surface area (Å²) in [5.41, 5.74) is 0.244. The van der Waals surface area contributed by atoms with Crippen molar-refractivity contribution >= 4 is 50.6 Å². The maximum Gasteiger partial charge on any atom is 0.311 e. The SMILES string of the molecule is CCCCC(=O)O[C@@H]1CC(=O)[C@H](C/C=C\CCCC(=O)Oc2ccc(-c3cc(=S)ss3)cc2)[C@H]1/C=C/C[C@@](C)(O)CCCC. The van der Waals surface area contributed by atoms with Crippen LogP contribution in [-0.4, -0.2) is 34.5 Å². The van der Waals surface area contributed by atoms with Crippen molar-refractivity contribution < 1.29 is 29.0 Å². The van der Waals surface area contributed by atoms with E-state index in [1.54, 1.807) is 32.8 Å². The molecule has 1 aliphatic carbocycles. The zero-order valence-corrected chi connectivity index (χ0v) is 28.6. The Balaban J connectivity index is 1.49. The first-order chi connectivity index (χ1) is 21.1. The van der Waals surface area contributed by atoms with Gasteiger partial charge in [0.2, 0.25) is 0 Å². The summed E-state index contributed by atoms with van der Waals surface area (Å²) in [6, 6.07) is 9.42. The van der Waals surface area contributed by atoms with Crippen LogP contribution in [0.15, 0.2) is 54.6 Å². The molecular formula is C35H46O6S3. The maximum absolute atomic E-state index is 13.0. The van der Waals surface area contributed by atoms with Crippen molar-refractivity contribution in [3.05, 3.63) is 58.5 Å². The number of hydrogen-bond acceptors (Lipinski definition) is 9. The van der Waals surface area contributed by atoms with Crippen molar-refractivity contribution in [1.82, 2.24) is 0 Å². The molecule has 0 radical (unpaired) electrons. The van der Waals surface area contributed by atoms with E-state index in [1.807, 2.05) is 56.4 Å². The number of aliphatic hydroxyl groups is 1. The van der Waals surface area contributed by atoms with Gasteiger partial charge in [-0.05, 0) is 81.3 Å². The van der Waals surface area contributed by atoms with Crippen LogP contribution in [0.25, 0.3) is 10.4 Å². The molecule has 0 amide bonds. The number of Topliss-reactive ketones (excluding diaryl/α,β-unsaturated/α-hetero) is 1. The number of allylic oxidation sites excluding steroid dienone is 2. The van der Waals surface area contributed by atoms with Gasteiger partial charge in [-0.25, -0.2) is 0 Å². The summed E-state index contributed by atoms with van der Waals surface area (Å²) in [5, 5.41) is 10.7. The number of esters is 2.